The first-order valence-electron chi connectivity index (χ1n) is 7.55. The fraction of sp³-hybridized carbons (Fsp3) is 0.562. The van der Waals surface area contributed by atoms with Gasteiger partial charge in [-0.1, -0.05) is 45.6 Å². The molecule has 1 heterocycles. The molecule has 0 fully saturated rings. The largest absolute Gasteiger partial charge is 0.308 e. The molecule has 108 valence electrons. The van der Waals surface area contributed by atoms with Crippen molar-refractivity contribution < 1.29 is 0 Å². The number of benzene rings is 1. The first-order chi connectivity index (χ1) is 9.72. The van der Waals surface area contributed by atoms with E-state index in [-0.39, 0.29) is 0 Å². The van der Waals surface area contributed by atoms with Crippen LogP contribution in [-0.4, -0.2) is 21.6 Å². The number of aryl methyl sites for hydroxylation is 1. The van der Waals surface area contributed by atoms with E-state index in [4.69, 9.17) is 5.41 Å². The molecular formula is C16H24N4. The van der Waals surface area contributed by atoms with E-state index >= 15 is 0 Å². The molecule has 0 bridgehead atoms. The van der Waals surface area contributed by atoms with Crippen molar-refractivity contribution >= 4 is 17.2 Å². The average Bonchev–Trinajstić information content (AvgIpc) is 2.90. The zero-order valence-electron chi connectivity index (χ0n) is 12.4. The summed E-state index contributed by atoms with van der Waals surface area (Å²) in [4.78, 5) is 0. The molecule has 0 aliphatic rings. The molecule has 2 aromatic rings. The predicted molar refractivity (Wildman–Crippen MR) is 83.4 cm³/mol. The van der Waals surface area contributed by atoms with Crippen molar-refractivity contribution in [1.29, 1.82) is 5.41 Å². The number of H-pyrrole nitrogens is 1. The van der Waals surface area contributed by atoms with Gasteiger partial charge in [0, 0.05) is 11.8 Å². The summed E-state index contributed by atoms with van der Waals surface area (Å²) in [6.45, 7) is 4.56. The first kappa shape index (κ1) is 14.7. The van der Waals surface area contributed by atoms with Gasteiger partial charge in [0.1, 0.15) is 11.0 Å². The van der Waals surface area contributed by atoms with Crippen LogP contribution in [0.15, 0.2) is 12.1 Å². The molecule has 0 aliphatic heterocycles. The Hall–Kier alpha value is -1.71. The average molecular weight is 272 g/mol. The third-order valence-electron chi connectivity index (χ3n) is 3.74. The maximum absolute atomic E-state index is 7.59. The van der Waals surface area contributed by atoms with Crippen molar-refractivity contribution in [1.82, 2.24) is 15.4 Å². The maximum Gasteiger partial charge on any atom is 0.121 e. The van der Waals surface area contributed by atoms with Crippen molar-refractivity contribution in [3.05, 3.63) is 23.3 Å². The Morgan fingerprint density at radius 2 is 1.95 bits per heavy atom. The van der Waals surface area contributed by atoms with E-state index in [1.807, 2.05) is 6.07 Å². The van der Waals surface area contributed by atoms with E-state index in [0.29, 0.717) is 0 Å². The summed E-state index contributed by atoms with van der Waals surface area (Å²) in [7, 11) is 0. The van der Waals surface area contributed by atoms with Gasteiger partial charge < -0.3 is 5.41 Å². The molecule has 0 saturated heterocycles. The van der Waals surface area contributed by atoms with E-state index in [2.05, 4.69) is 35.3 Å². The van der Waals surface area contributed by atoms with Crippen molar-refractivity contribution in [2.75, 3.05) is 0 Å². The lowest BCUT2D eigenvalue weighted by atomic mass is 9.99. The van der Waals surface area contributed by atoms with Crippen LogP contribution >= 0.6 is 0 Å². The highest BCUT2D eigenvalue weighted by Crippen LogP contribution is 2.19. The number of nitrogens with zero attached hydrogens (tertiary/aromatic N) is 2. The Balaban J connectivity index is 1.88. The van der Waals surface area contributed by atoms with E-state index in [9.17, 15) is 0 Å². The number of unbranched alkanes of at least 4 members (excludes halogenated alkanes) is 3. The number of fused-ring (bicyclic) bond motifs is 1. The van der Waals surface area contributed by atoms with Gasteiger partial charge >= 0.3 is 0 Å². The predicted octanol–water partition coefficient (Wildman–Crippen LogP) is 4.10. The lowest BCUT2D eigenvalue weighted by Crippen LogP contribution is -1.95. The summed E-state index contributed by atoms with van der Waals surface area (Å²) in [6, 6.07) is 4.07. The minimum atomic E-state index is 0.814. The molecule has 1 aromatic heterocycles. The Morgan fingerprint density at radius 1 is 1.15 bits per heavy atom. The molecule has 1 aromatic carbocycles. The molecular weight excluding hydrogens is 248 g/mol. The Labute approximate surface area is 120 Å². The van der Waals surface area contributed by atoms with Crippen LogP contribution < -0.4 is 0 Å². The van der Waals surface area contributed by atoms with Gasteiger partial charge in [0.25, 0.3) is 0 Å². The summed E-state index contributed by atoms with van der Waals surface area (Å²) >= 11 is 0. The second-order valence-corrected chi connectivity index (χ2v) is 5.82. The molecule has 4 nitrogen and oxygen atoms in total. The van der Waals surface area contributed by atoms with Crippen LogP contribution in [0.25, 0.3) is 11.0 Å². The SMILES string of the molecule is CC(C)CCCCCCc1ccc2n[nH]nc2c1C=N. The molecule has 0 radical (unpaired) electrons. The van der Waals surface area contributed by atoms with Crippen molar-refractivity contribution in [3.63, 3.8) is 0 Å². The van der Waals surface area contributed by atoms with Gasteiger partial charge in [-0.2, -0.15) is 15.4 Å². The van der Waals surface area contributed by atoms with Crippen LogP contribution in [0.3, 0.4) is 0 Å². The van der Waals surface area contributed by atoms with E-state index in [0.717, 1.165) is 28.9 Å². The summed E-state index contributed by atoms with van der Waals surface area (Å²) in [5.74, 6) is 0.814. The normalized spacial score (nSPS) is 11.3. The van der Waals surface area contributed by atoms with Crippen LogP contribution in [-0.2, 0) is 6.42 Å². The standard InChI is InChI=1S/C16H24N4/c1-12(2)7-5-3-4-6-8-13-9-10-15-16(14(13)11-17)19-20-18-15/h9-12,17H,3-8H2,1-2H3,(H,18,19,20). The molecule has 0 amide bonds. The monoisotopic (exact) mass is 272 g/mol. The van der Waals surface area contributed by atoms with Crippen LogP contribution in [0.2, 0.25) is 0 Å². The van der Waals surface area contributed by atoms with Crippen LogP contribution in [0.4, 0.5) is 0 Å². The number of aromatic amines is 1. The highest BCUT2D eigenvalue weighted by atomic mass is 15.3. The molecule has 0 aliphatic carbocycles. The summed E-state index contributed by atoms with van der Waals surface area (Å²) in [6.07, 6.45) is 8.84. The topological polar surface area (TPSA) is 65.4 Å². The van der Waals surface area contributed by atoms with Crippen molar-refractivity contribution in [3.8, 4) is 0 Å². The fourth-order valence-corrected chi connectivity index (χ4v) is 2.58. The molecule has 0 spiro atoms. The van der Waals surface area contributed by atoms with Gasteiger partial charge in [0.2, 0.25) is 0 Å². The Morgan fingerprint density at radius 3 is 2.70 bits per heavy atom. The third kappa shape index (κ3) is 3.65. The third-order valence-corrected chi connectivity index (χ3v) is 3.74. The summed E-state index contributed by atoms with van der Waals surface area (Å²) in [5, 5.41) is 18.4. The van der Waals surface area contributed by atoms with Crippen molar-refractivity contribution in [2.45, 2.75) is 52.4 Å². The second kappa shape index (κ2) is 7.17. The van der Waals surface area contributed by atoms with Crippen molar-refractivity contribution in [2.24, 2.45) is 5.92 Å². The number of hydrogen-bond acceptors (Lipinski definition) is 3. The maximum atomic E-state index is 7.59. The number of aromatic nitrogens is 3. The minimum absolute atomic E-state index is 0.814. The molecule has 0 saturated carbocycles. The van der Waals surface area contributed by atoms with Gasteiger partial charge in [-0.15, -0.1) is 0 Å². The quantitative estimate of drug-likeness (QED) is 0.561. The van der Waals surface area contributed by atoms with Crippen LogP contribution in [0.1, 0.15) is 57.1 Å². The zero-order valence-corrected chi connectivity index (χ0v) is 12.4. The van der Waals surface area contributed by atoms with Crippen LogP contribution in [0.5, 0.6) is 0 Å². The van der Waals surface area contributed by atoms with Gasteiger partial charge in [-0.3, -0.25) is 0 Å². The number of hydrogen-bond donors (Lipinski definition) is 2. The second-order valence-electron chi connectivity index (χ2n) is 5.82. The fourth-order valence-electron chi connectivity index (χ4n) is 2.58. The molecule has 2 N–H and O–H groups in total. The summed E-state index contributed by atoms with van der Waals surface area (Å²) in [5.41, 5.74) is 3.78. The first-order valence-corrected chi connectivity index (χ1v) is 7.55. The Kier molecular flexibility index (Phi) is 5.27. The van der Waals surface area contributed by atoms with Gasteiger partial charge in [-0.05, 0) is 30.4 Å². The van der Waals surface area contributed by atoms with E-state index in [1.54, 1.807) is 0 Å². The smallest absolute Gasteiger partial charge is 0.121 e. The van der Waals surface area contributed by atoms with Gasteiger partial charge in [-0.25, -0.2) is 0 Å². The highest BCUT2D eigenvalue weighted by Gasteiger charge is 2.08. The minimum Gasteiger partial charge on any atom is -0.308 e. The zero-order chi connectivity index (χ0) is 14.4. The highest BCUT2D eigenvalue weighted by molar-refractivity contribution is 5.96. The number of nitrogens with one attached hydrogen (secondary N) is 2. The summed E-state index contributed by atoms with van der Waals surface area (Å²) < 4.78 is 0. The molecule has 20 heavy (non-hydrogen) atoms. The molecule has 4 heteroatoms. The lowest BCUT2D eigenvalue weighted by molar-refractivity contribution is 0.520. The van der Waals surface area contributed by atoms with E-state index < -0.39 is 0 Å². The van der Waals surface area contributed by atoms with Gasteiger partial charge in [0.15, 0.2) is 0 Å². The van der Waals surface area contributed by atoms with Gasteiger partial charge in [0.05, 0.1) is 0 Å². The Bertz CT molecular complexity index is 557. The molecule has 0 unspecified atom stereocenters. The van der Waals surface area contributed by atoms with Crippen LogP contribution in [0, 0.1) is 11.3 Å². The molecule has 2 rings (SSSR count). The molecule has 0 atom stereocenters. The lowest BCUT2D eigenvalue weighted by Gasteiger charge is -2.07. The van der Waals surface area contributed by atoms with E-state index in [1.165, 1.54) is 43.9 Å². The number of rotatable bonds is 8.